The summed E-state index contributed by atoms with van der Waals surface area (Å²) in [6.07, 6.45) is 6.45. The second kappa shape index (κ2) is 7.11. The molecule has 1 aliphatic rings. The van der Waals surface area contributed by atoms with Crippen LogP contribution in [-0.2, 0) is 17.9 Å². The molecule has 0 atom stereocenters. The third kappa shape index (κ3) is 4.93. The van der Waals surface area contributed by atoms with E-state index in [1.165, 1.54) is 6.08 Å². The lowest BCUT2D eigenvalue weighted by atomic mass is 10.1. The van der Waals surface area contributed by atoms with Crippen LogP contribution in [0.5, 0.6) is 0 Å². The van der Waals surface area contributed by atoms with Gasteiger partial charge in [0.05, 0.1) is 6.54 Å². The van der Waals surface area contributed by atoms with Crippen molar-refractivity contribution in [3.05, 3.63) is 65.5 Å². The molecule has 0 fully saturated rings. The van der Waals surface area contributed by atoms with E-state index in [0.717, 1.165) is 23.6 Å². The van der Waals surface area contributed by atoms with E-state index in [2.05, 4.69) is 10.3 Å². The summed E-state index contributed by atoms with van der Waals surface area (Å²) < 4.78 is 26.3. The number of hydrogen-bond acceptors (Lipinski definition) is 3. The molecule has 1 amide bonds. The van der Waals surface area contributed by atoms with Gasteiger partial charge in [0, 0.05) is 44.2 Å². The Kier molecular flexibility index (Phi) is 4.90. The van der Waals surface area contributed by atoms with Gasteiger partial charge < -0.3 is 5.32 Å². The number of pyridine rings is 1. The van der Waals surface area contributed by atoms with Gasteiger partial charge in [-0.2, -0.15) is 0 Å². The number of anilines is 1. The number of nitrogens with one attached hydrogen (secondary N) is 1. The molecule has 4 nitrogen and oxygen atoms in total. The van der Waals surface area contributed by atoms with Gasteiger partial charge in [0.2, 0.25) is 5.91 Å². The number of hydrogen-bond donors (Lipinski definition) is 1. The van der Waals surface area contributed by atoms with Crippen LogP contribution >= 0.6 is 0 Å². The Morgan fingerprint density at radius 3 is 2.84 bits per heavy atom. The van der Waals surface area contributed by atoms with Crippen molar-refractivity contribution >= 4 is 17.7 Å². The highest BCUT2D eigenvalue weighted by molar-refractivity contribution is 6.01. The third-order valence-corrected chi connectivity index (χ3v) is 3.87. The number of rotatable bonds is 5. The monoisotopic (exact) mass is 343 g/mol. The molecule has 0 aliphatic carbocycles. The predicted molar refractivity (Wildman–Crippen MR) is 93.1 cm³/mol. The van der Waals surface area contributed by atoms with E-state index in [-0.39, 0.29) is 12.5 Å². The number of carbonyl (C=O) groups excluding carboxylic acids is 1. The molecule has 1 aromatic heterocycles. The molecule has 25 heavy (non-hydrogen) atoms. The van der Waals surface area contributed by atoms with Crippen molar-refractivity contribution in [2.45, 2.75) is 25.9 Å². The van der Waals surface area contributed by atoms with E-state index in [0.29, 0.717) is 18.8 Å². The summed E-state index contributed by atoms with van der Waals surface area (Å²) in [6, 6.07) is 9.17. The second-order valence-electron chi connectivity index (χ2n) is 6.31. The molecule has 0 radical (unpaired) electrons. The van der Waals surface area contributed by atoms with Gasteiger partial charge in [-0.15, -0.1) is 0 Å². The molecule has 3 rings (SSSR count). The molecule has 130 valence electrons. The van der Waals surface area contributed by atoms with Crippen LogP contribution in [0.4, 0.5) is 14.5 Å². The molecule has 2 heterocycles. The van der Waals surface area contributed by atoms with Crippen molar-refractivity contribution in [2.75, 3.05) is 11.9 Å². The zero-order valence-corrected chi connectivity index (χ0v) is 13.9. The smallest absolute Gasteiger partial charge is 0.257 e. The molecule has 1 aromatic carbocycles. The Bertz CT molecular complexity index is 785. The fourth-order valence-electron chi connectivity index (χ4n) is 2.88. The molecule has 0 saturated carbocycles. The highest BCUT2D eigenvalue weighted by Crippen LogP contribution is 2.28. The predicted octanol–water partition coefficient (Wildman–Crippen LogP) is 3.70. The quantitative estimate of drug-likeness (QED) is 0.842. The minimum Gasteiger partial charge on any atom is -0.323 e. The molecule has 1 N–H and O–H groups in total. The van der Waals surface area contributed by atoms with Gasteiger partial charge >= 0.3 is 0 Å². The number of nitrogens with zero attached hydrogens (tertiary/aromatic N) is 2. The molecule has 1 aliphatic heterocycles. The van der Waals surface area contributed by atoms with E-state index in [1.807, 2.05) is 18.2 Å². The maximum atomic E-state index is 13.2. The molecular weight excluding hydrogens is 324 g/mol. The van der Waals surface area contributed by atoms with Crippen molar-refractivity contribution < 1.29 is 13.6 Å². The van der Waals surface area contributed by atoms with Crippen molar-refractivity contribution in [3.8, 4) is 0 Å². The lowest BCUT2D eigenvalue weighted by Crippen LogP contribution is -2.30. The van der Waals surface area contributed by atoms with Crippen LogP contribution in [0.2, 0.25) is 0 Å². The number of alkyl halides is 2. The first-order valence-corrected chi connectivity index (χ1v) is 8.00. The first-order chi connectivity index (χ1) is 11.9. The van der Waals surface area contributed by atoms with Gasteiger partial charge in [-0.05, 0) is 41.0 Å². The summed E-state index contributed by atoms with van der Waals surface area (Å²) in [5.41, 5.74) is 3.49. The van der Waals surface area contributed by atoms with Crippen LogP contribution in [0.25, 0.3) is 6.08 Å². The molecule has 2 aromatic rings. The van der Waals surface area contributed by atoms with Gasteiger partial charge in [0.25, 0.3) is 5.92 Å². The third-order valence-electron chi connectivity index (χ3n) is 3.87. The zero-order chi connectivity index (χ0) is 17.9. The zero-order valence-electron chi connectivity index (χ0n) is 13.9. The van der Waals surface area contributed by atoms with E-state index in [9.17, 15) is 13.6 Å². The minimum absolute atomic E-state index is 0.251. The van der Waals surface area contributed by atoms with Crippen molar-refractivity contribution in [1.29, 1.82) is 0 Å². The lowest BCUT2D eigenvalue weighted by molar-refractivity contribution is -0.111. The molecule has 0 unspecified atom stereocenters. The number of halogens is 2. The van der Waals surface area contributed by atoms with Gasteiger partial charge in [-0.1, -0.05) is 12.1 Å². The van der Waals surface area contributed by atoms with Crippen LogP contribution in [0.15, 0.2) is 48.8 Å². The van der Waals surface area contributed by atoms with Crippen LogP contribution in [0, 0.1) is 0 Å². The molecule has 0 saturated heterocycles. The Balaban J connectivity index is 1.61. The highest BCUT2D eigenvalue weighted by Gasteiger charge is 2.29. The molecule has 0 bridgehead atoms. The largest absolute Gasteiger partial charge is 0.323 e. The van der Waals surface area contributed by atoms with E-state index in [1.54, 1.807) is 35.5 Å². The lowest BCUT2D eigenvalue weighted by Gasteiger charge is -2.19. The summed E-state index contributed by atoms with van der Waals surface area (Å²) in [5, 5.41) is 2.79. The van der Waals surface area contributed by atoms with Crippen molar-refractivity contribution in [3.63, 3.8) is 0 Å². The maximum Gasteiger partial charge on any atom is 0.257 e. The number of fused-ring (bicyclic) bond motifs is 1. The number of benzene rings is 1. The molecule has 0 spiro atoms. The average Bonchev–Trinajstić information content (AvgIpc) is 2.93. The summed E-state index contributed by atoms with van der Waals surface area (Å²) in [6.45, 7) is 1.63. The van der Waals surface area contributed by atoms with Crippen molar-refractivity contribution in [1.82, 2.24) is 9.88 Å². The van der Waals surface area contributed by atoms with Gasteiger partial charge in [0.1, 0.15) is 0 Å². The van der Waals surface area contributed by atoms with Gasteiger partial charge in [0.15, 0.2) is 0 Å². The standard InChI is InChI=1S/C19H19F2N3O/c1-19(20,21)13-24-11-15-5-6-17(9-16(15)12-24)23-18(25)7-4-14-3-2-8-22-10-14/h2-10H,11-13H2,1H3,(H,23,25)/b7-4+. The number of carbonyl (C=O) groups is 1. The van der Waals surface area contributed by atoms with Crippen LogP contribution in [0.1, 0.15) is 23.6 Å². The Morgan fingerprint density at radius 1 is 1.32 bits per heavy atom. The summed E-state index contributed by atoms with van der Waals surface area (Å²) in [7, 11) is 0. The Hall–Kier alpha value is -2.60. The van der Waals surface area contributed by atoms with Gasteiger partial charge in [-0.25, -0.2) is 8.78 Å². The number of amides is 1. The van der Waals surface area contributed by atoms with E-state index in [4.69, 9.17) is 0 Å². The average molecular weight is 343 g/mol. The summed E-state index contributed by atoms with van der Waals surface area (Å²) >= 11 is 0. The van der Waals surface area contributed by atoms with E-state index < -0.39 is 5.92 Å². The topological polar surface area (TPSA) is 45.2 Å². The van der Waals surface area contributed by atoms with Crippen LogP contribution in [-0.4, -0.2) is 28.3 Å². The summed E-state index contributed by atoms with van der Waals surface area (Å²) in [4.78, 5) is 17.7. The highest BCUT2D eigenvalue weighted by atomic mass is 19.3. The fraction of sp³-hybridized carbons (Fsp3) is 0.263. The summed E-state index contributed by atoms with van der Waals surface area (Å²) in [5.74, 6) is -2.96. The molecular formula is C19H19F2N3O. The second-order valence-corrected chi connectivity index (χ2v) is 6.31. The fourth-order valence-corrected chi connectivity index (χ4v) is 2.88. The Labute approximate surface area is 145 Å². The normalized spacial score (nSPS) is 14.7. The first kappa shape index (κ1) is 17.2. The minimum atomic E-state index is -2.71. The Morgan fingerprint density at radius 2 is 2.12 bits per heavy atom. The van der Waals surface area contributed by atoms with Crippen molar-refractivity contribution in [2.24, 2.45) is 0 Å². The van der Waals surface area contributed by atoms with Gasteiger partial charge in [-0.3, -0.25) is 14.7 Å². The molecule has 6 heteroatoms. The first-order valence-electron chi connectivity index (χ1n) is 8.00. The number of aromatic nitrogens is 1. The van der Waals surface area contributed by atoms with Crippen LogP contribution < -0.4 is 5.32 Å². The van der Waals surface area contributed by atoms with Crippen LogP contribution in [0.3, 0.4) is 0 Å². The maximum absolute atomic E-state index is 13.2. The SMILES string of the molecule is CC(F)(F)CN1Cc2ccc(NC(=O)/C=C/c3cccnc3)cc2C1. The van der Waals surface area contributed by atoms with E-state index >= 15 is 0 Å².